The minimum absolute atomic E-state index is 0.0701. The Morgan fingerprint density at radius 1 is 0.854 bits per heavy atom. The molecule has 4 rings (SSSR count). The van der Waals surface area contributed by atoms with Crippen LogP contribution in [0.4, 0.5) is 0 Å². The van der Waals surface area contributed by atoms with Crippen LogP contribution in [-0.2, 0) is 28.5 Å². The van der Waals surface area contributed by atoms with Crippen molar-refractivity contribution in [2.24, 2.45) is 11.8 Å². The van der Waals surface area contributed by atoms with Crippen molar-refractivity contribution >= 4 is 17.9 Å². The predicted molar refractivity (Wildman–Crippen MR) is 147 cm³/mol. The molecular weight excluding hydrogens is 532 g/mol. The van der Waals surface area contributed by atoms with Gasteiger partial charge >= 0.3 is 17.9 Å². The second-order valence-corrected chi connectivity index (χ2v) is 10.1. The summed E-state index contributed by atoms with van der Waals surface area (Å²) in [5.74, 6) is -2.43. The van der Waals surface area contributed by atoms with Crippen molar-refractivity contribution < 1.29 is 47.5 Å². The van der Waals surface area contributed by atoms with Crippen LogP contribution in [0, 0.1) is 11.8 Å². The number of carbonyl (C=O) groups is 3. The predicted octanol–water partition coefficient (Wildman–Crippen LogP) is 4.68. The van der Waals surface area contributed by atoms with Crippen molar-refractivity contribution in [3.05, 3.63) is 53.6 Å². The Morgan fingerprint density at radius 3 is 2.10 bits per heavy atom. The number of carbonyl (C=O) groups excluding carboxylic acids is 3. The highest BCUT2D eigenvalue weighted by Crippen LogP contribution is 2.56. The van der Waals surface area contributed by atoms with Crippen molar-refractivity contribution in [1.29, 1.82) is 0 Å². The van der Waals surface area contributed by atoms with Crippen LogP contribution in [-0.4, -0.2) is 64.3 Å². The van der Waals surface area contributed by atoms with Gasteiger partial charge in [-0.2, -0.15) is 0 Å². The normalized spacial score (nSPS) is 21.2. The molecule has 0 N–H and O–H groups in total. The smallest absolute Gasteiger partial charge is 0.343 e. The first-order chi connectivity index (χ1) is 19.8. The fourth-order valence-corrected chi connectivity index (χ4v) is 5.99. The Morgan fingerprint density at radius 2 is 1.49 bits per heavy atom. The Hall–Kier alpha value is -3.63. The van der Waals surface area contributed by atoms with E-state index in [-0.39, 0.29) is 55.6 Å². The molecule has 0 aromatic heterocycles. The molecule has 1 heterocycles. The zero-order valence-electron chi connectivity index (χ0n) is 24.0. The minimum atomic E-state index is -1.14. The van der Waals surface area contributed by atoms with Gasteiger partial charge in [-0.05, 0) is 50.3 Å². The fraction of sp³-hybridized carbons (Fsp3) is 0.516. The summed E-state index contributed by atoms with van der Waals surface area (Å²) in [5, 5.41) is 0. The number of rotatable bonds is 11. The molecule has 10 nitrogen and oxygen atoms in total. The van der Waals surface area contributed by atoms with E-state index in [1.807, 2.05) is 6.07 Å². The Kier molecular flexibility index (Phi) is 10.2. The number of ether oxygens (including phenoxy) is 7. The van der Waals surface area contributed by atoms with Crippen LogP contribution in [0.3, 0.4) is 0 Å². The van der Waals surface area contributed by atoms with Gasteiger partial charge in [-0.25, -0.2) is 4.79 Å². The molecule has 3 atom stereocenters. The standard InChI is InChI=1S/C31H38O10/c1-5-37-27(32)15-20-14-22(16-28(33)38-6-2)29(31(19-20)39-12-13-40-31)23-17-26(25(36-4)18-24(23)35-3)41-30(34)21-10-8-7-9-11-21/h7-11,17-18,20,22,29H,5-6,12-16,19H2,1-4H3. The largest absolute Gasteiger partial charge is 0.496 e. The molecule has 1 aliphatic heterocycles. The molecule has 1 spiro atoms. The van der Waals surface area contributed by atoms with Gasteiger partial charge in [0, 0.05) is 36.8 Å². The third kappa shape index (κ3) is 7.00. The first-order valence-electron chi connectivity index (χ1n) is 14.0. The van der Waals surface area contributed by atoms with Crippen LogP contribution >= 0.6 is 0 Å². The van der Waals surface area contributed by atoms with Crippen LogP contribution in [0.1, 0.15) is 61.4 Å². The molecule has 3 unspecified atom stereocenters. The Balaban J connectivity index is 1.78. The second kappa shape index (κ2) is 13.8. The van der Waals surface area contributed by atoms with E-state index in [9.17, 15) is 14.4 Å². The summed E-state index contributed by atoms with van der Waals surface area (Å²) in [5.41, 5.74) is 1.01. The zero-order valence-corrected chi connectivity index (χ0v) is 24.0. The summed E-state index contributed by atoms with van der Waals surface area (Å²) in [6, 6.07) is 12.0. The van der Waals surface area contributed by atoms with Gasteiger partial charge in [-0.3, -0.25) is 9.59 Å². The summed E-state index contributed by atoms with van der Waals surface area (Å²) in [7, 11) is 3.01. The van der Waals surface area contributed by atoms with Crippen molar-refractivity contribution in [3.63, 3.8) is 0 Å². The molecule has 1 saturated carbocycles. The van der Waals surface area contributed by atoms with Gasteiger partial charge in [-0.15, -0.1) is 0 Å². The van der Waals surface area contributed by atoms with E-state index in [0.29, 0.717) is 48.7 Å². The average Bonchev–Trinajstić information content (AvgIpc) is 3.41. The van der Waals surface area contributed by atoms with Gasteiger partial charge in [0.05, 0.1) is 46.2 Å². The van der Waals surface area contributed by atoms with E-state index < -0.39 is 17.7 Å². The van der Waals surface area contributed by atoms with Gasteiger partial charge in [0.15, 0.2) is 17.3 Å². The molecule has 41 heavy (non-hydrogen) atoms. The van der Waals surface area contributed by atoms with Gasteiger partial charge in [0.25, 0.3) is 0 Å². The number of hydrogen-bond donors (Lipinski definition) is 0. The molecule has 1 aliphatic carbocycles. The monoisotopic (exact) mass is 570 g/mol. The lowest BCUT2D eigenvalue weighted by Crippen LogP contribution is -2.48. The molecule has 2 fully saturated rings. The third-order valence-corrected chi connectivity index (χ3v) is 7.49. The van der Waals surface area contributed by atoms with Crippen LogP contribution in [0.5, 0.6) is 17.2 Å². The van der Waals surface area contributed by atoms with E-state index in [1.165, 1.54) is 14.2 Å². The van der Waals surface area contributed by atoms with E-state index in [4.69, 9.17) is 33.2 Å². The van der Waals surface area contributed by atoms with E-state index in [2.05, 4.69) is 0 Å². The number of benzene rings is 2. The van der Waals surface area contributed by atoms with Crippen molar-refractivity contribution in [3.8, 4) is 17.2 Å². The first-order valence-corrected chi connectivity index (χ1v) is 14.0. The summed E-state index contributed by atoms with van der Waals surface area (Å²) in [6.07, 6.45) is 1.17. The van der Waals surface area contributed by atoms with Gasteiger partial charge in [0.1, 0.15) is 5.75 Å². The van der Waals surface area contributed by atoms with E-state index >= 15 is 0 Å². The lowest BCUT2D eigenvalue weighted by atomic mass is 9.65. The lowest BCUT2D eigenvalue weighted by molar-refractivity contribution is -0.215. The Bertz CT molecular complexity index is 1200. The molecule has 0 amide bonds. The first kappa shape index (κ1) is 30.3. The SMILES string of the molecule is CCOC(=O)CC1CC(CC(=O)OCC)C(c2cc(OC(=O)c3ccccc3)c(OC)cc2OC)C2(C1)OCCO2. The summed E-state index contributed by atoms with van der Waals surface area (Å²) < 4.78 is 40.3. The molecule has 2 aliphatic rings. The molecule has 222 valence electrons. The second-order valence-electron chi connectivity index (χ2n) is 10.1. The molecule has 2 aromatic rings. The van der Waals surface area contributed by atoms with E-state index in [0.717, 1.165) is 0 Å². The molecule has 0 radical (unpaired) electrons. The van der Waals surface area contributed by atoms with Gasteiger partial charge in [-0.1, -0.05) is 18.2 Å². The van der Waals surface area contributed by atoms with Crippen LogP contribution < -0.4 is 14.2 Å². The maximum absolute atomic E-state index is 13.0. The number of methoxy groups -OCH3 is 2. The summed E-state index contributed by atoms with van der Waals surface area (Å²) >= 11 is 0. The topological polar surface area (TPSA) is 116 Å². The maximum Gasteiger partial charge on any atom is 0.343 e. The highest BCUT2D eigenvalue weighted by Gasteiger charge is 2.55. The minimum Gasteiger partial charge on any atom is -0.496 e. The quantitative estimate of drug-likeness (QED) is 0.278. The molecule has 10 heteroatoms. The molecule has 0 bridgehead atoms. The summed E-state index contributed by atoms with van der Waals surface area (Å²) in [4.78, 5) is 38.3. The fourth-order valence-electron chi connectivity index (χ4n) is 5.99. The average molecular weight is 571 g/mol. The van der Waals surface area contributed by atoms with Gasteiger partial charge < -0.3 is 33.2 Å². The zero-order chi connectivity index (χ0) is 29.4. The number of hydrogen-bond acceptors (Lipinski definition) is 10. The number of esters is 3. The van der Waals surface area contributed by atoms with Gasteiger partial charge in [0.2, 0.25) is 0 Å². The van der Waals surface area contributed by atoms with E-state index in [1.54, 1.807) is 50.2 Å². The van der Waals surface area contributed by atoms with Crippen LogP contribution in [0.25, 0.3) is 0 Å². The summed E-state index contributed by atoms with van der Waals surface area (Å²) in [6.45, 7) is 4.75. The third-order valence-electron chi connectivity index (χ3n) is 7.49. The maximum atomic E-state index is 13.0. The van der Waals surface area contributed by atoms with Crippen LogP contribution in [0.2, 0.25) is 0 Å². The van der Waals surface area contributed by atoms with Crippen LogP contribution in [0.15, 0.2) is 42.5 Å². The highest BCUT2D eigenvalue weighted by atomic mass is 16.7. The molecule has 1 saturated heterocycles. The van der Waals surface area contributed by atoms with Crippen molar-refractivity contribution in [1.82, 2.24) is 0 Å². The molecular formula is C31H38O10. The van der Waals surface area contributed by atoms with Crippen molar-refractivity contribution in [2.75, 3.05) is 40.6 Å². The lowest BCUT2D eigenvalue weighted by Gasteiger charge is -2.47. The van der Waals surface area contributed by atoms with Crippen molar-refractivity contribution in [2.45, 2.75) is 51.2 Å². The molecule has 2 aromatic carbocycles. The Labute approximate surface area is 240 Å². The highest BCUT2D eigenvalue weighted by molar-refractivity contribution is 5.91.